The molecule has 14 atom stereocenters. The van der Waals surface area contributed by atoms with Crippen molar-refractivity contribution >= 4 is 0 Å². The zero-order chi connectivity index (χ0) is 74.7. The molecule has 10 aromatic carbocycles. The molecule has 0 aliphatic carbocycles. The van der Waals surface area contributed by atoms with Gasteiger partial charge >= 0.3 is 0 Å². The average molecular weight is 1440 g/mol. The maximum atomic E-state index is 13.5. The van der Waals surface area contributed by atoms with Gasteiger partial charge < -0.3 is 151 Å². The number of benzene rings is 10. The van der Waals surface area contributed by atoms with Crippen LogP contribution in [-0.4, -0.2) is 158 Å². The minimum Gasteiger partial charge on any atom is -0.508 e. The third kappa shape index (κ3) is 10.7. The molecule has 0 saturated carbocycles. The van der Waals surface area contributed by atoms with Gasteiger partial charge in [0, 0.05) is 92.9 Å². The molecule has 0 radical (unpaired) electrons. The molecule has 10 aromatic rings. The number of rotatable bonds is 9. The molecular weight excluding hydrogens is 1380 g/mol. The van der Waals surface area contributed by atoms with Crippen LogP contribution in [0.5, 0.6) is 144 Å². The molecule has 0 fully saturated rings. The first-order chi connectivity index (χ1) is 49.9. The van der Waals surface area contributed by atoms with E-state index >= 15 is 0 Å². The smallest absolute Gasteiger partial charge is 0.157 e. The first-order valence-corrected chi connectivity index (χ1v) is 32.1. The monoisotopic (exact) mass is 1440 g/mol. The van der Waals surface area contributed by atoms with E-state index in [0.29, 0.717) is 0 Å². The Balaban J connectivity index is 0.954. The molecule has 15 rings (SSSR count). The van der Waals surface area contributed by atoms with E-state index in [2.05, 4.69) is 0 Å². The largest absolute Gasteiger partial charge is 0.508 e. The van der Waals surface area contributed by atoms with Crippen molar-refractivity contribution in [2.24, 2.45) is 0 Å². The number of aliphatic hydroxyl groups is 5. The summed E-state index contributed by atoms with van der Waals surface area (Å²) in [6.45, 7) is 0. The third-order valence-corrected chi connectivity index (χ3v) is 20.2. The van der Waals surface area contributed by atoms with Crippen LogP contribution in [0.25, 0.3) is 0 Å². The van der Waals surface area contributed by atoms with E-state index in [1.54, 1.807) is 0 Å². The van der Waals surface area contributed by atoms with Crippen molar-refractivity contribution in [2.75, 3.05) is 0 Å². The van der Waals surface area contributed by atoms with Gasteiger partial charge in [0.15, 0.2) is 81.9 Å². The average Bonchev–Trinajstić information content (AvgIpc) is 0.713. The van der Waals surface area contributed by atoms with E-state index in [1.807, 2.05) is 0 Å². The molecule has 0 aromatic heterocycles. The van der Waals surface area contributed by atoms with Crippen LogP contribution >= 0.6 is 0 Å². The van der Waals surface area contributed by atoms with Crippen molar-refractivity contribution in [3.63, 3.8) is 0 Å². The first-order valence-electron chi connectivity index (χ1n) is 32.1. The zero-order valence-electron chi connectivity index (χ0n) is 53.6. The van der Waals surface area contributed by atoms with Gasteiger partial charge in [-0.3, -0.25) is 0 Å². The minimum absolute atomic E-state index is 0.0530. The van der Waals surface area contributed by atoms with E-state index in [-0.39, 0.29) is 44.9 Å². The number of aromatic hydroxyl groups is 20. The first kappa shape index (κ1) is 67.8. The molecule has 0 saturated heterocycles. The summed E-state index contributed by atoms with van der Waals surface area (Å²) in [5.74, 6) is -27.0. The summed E-state index contributed by atoms with van der Waals surface area (Å²) in [4.78, 5) is 0. The molecular formula is C75H62O30. The number of ether oxygens (including phenoxy) is 5. The van der Waals surface area contributed by atoms with Crippen LogP contribution in [0, 0.1) is 0 Å². The van der Waals surface area contributed by atoms with Crippen LogP contribution in [0.15, 0.2) is 127 Å². The summed E-state index contributed by atoms with van der Waals surface area (Å²) >= 11 is 0. The standard InChI is InChI=1S/C75H62O30/c76-28-16-40(87)51-47(17-28)102-72(24-2-7-31(78)36(83)12-24)67(97)59(51)53-42(89)20-49-57(64(53)94)61(69(99)74(104-49)26-4-9-33(80)38(85)14-26)55-44(91)22-50-58(66(55)96)62(70(100)75(105-50)27-5-10-34(81)39(86)15-27)54-43(90)21-48-56(65(54)95)60(68(98)73(103-48)25-3-8-32(79)37(84)13-25)52-41(88)19-46-29(63(52)93)18-45(92)71(101-46)23-1-6-30(77)35(82)11-23/h1-17,19-22,45,59-62,67-100H,18H2. The number of aliphatic hydroxyl groups excluding tert-OH is 5. The highest BCUT2D eigenvalue weighted by atomic mass is 16.5. The van der Waals surface area contributed by atoms with Gasteiger partial charge in [0.1, 0.15) is 117 Å². The maximum absolute atomic E-state index is 13.5. The lowest BCUT2D eigenvalue weighted by atomic mass is 9.72. The van der Waals surface area contributed by atoms with Crippen molar-refractivity contribution in [1.29, 1.82) is 0 Å². The van der Waals surface area contributed by atoms with Crippen molar-refractivity contribution in [3.8, 4) is 144 Å². The van der Waals surface area contributed by atoms with Crippen molar-refractivity contribution < 1.29 is 151 Å². The summed E-state index contributed by atoms with van der Waals surface area (Å²) in [5.41, 5.74) is -5.96. The van der Waals surface area contributed by atoms with Crippen molar-refractivity contribution in [1.82, 2.24) is 0 Å². The van der Waals surface area contributed by atoms with E-state index in [4.69, 9.17) is 23.7 Å². The summed E-state index contributed by atoms with van der Waals surface area (Å²) in [5, 5.41) is 294. The van der Waals surface area contributed by atoms with E-state index in [1.165, 1.54) is 30.3 Å². The highest BCUT2D eigenvalue weighted by Gasteiger charge is 2.54. The van der Waals surface area contributed by atoms with Gasteiger partial charge in [-0.05, 0) is 88.5 Å². The van der Waals surface area contributed by atoms with E-state index < -0.39 is 268 Å². The lowest BCUT2D eigenvalue weighted by Crippen LogP contribution is -2.38. The van der Waals surface area contributed by atoms with Crippen LogP contribution in [0.1, 0.15) is 132 Å². The minimum atomic E-state index is -2.31. The van der Waals surface area contributed by atoms with Gasteiger partial charge in [0.05, 0.1) is 29.8 Å². The Bertz CT molecular complexity index is 5270. The second-order valence-electron chi connectivity index (χ2n) is 26.3. The van der Waals surface area contributed by atoms with Crippen LogP contribution in [0.4, 0.5) is 0 Å². The fourth-order valence-corrected chi connectivity index (χ4v) is 15.3. The predicted octanol–water partition coefficient (Wildman–Crippen LogP) is 7.34. The Hall–Kier alpha value is -13.0. The van der Waals surface area contributed by atoms with Crippen LogP contribution in [-0.2, 0) is 6.42 Å². The highest BCUT2D eigenvalue weighted by molar-refractivity contribution is 5.74. The van der Waals surface area contributed by atoms with Gasteiger partial charge in [-0.15, -0.1) is 0 Å². The summed E-state index contributed by atoms with van der Waals surface area (Å²) in [6.07, 6.45) is -19.2. The molecule has 105 heavy (non-hydrogen) atoms. The van der Waals surface area contributed by atoms with Gasteiger partial charge in [0.25, 0.3) is 0 Å². The maximum Gasteiger partial charge on any atom is 0.157 e. The molecule has 30 nitrogen and oxygen atoms in total. The third-order valence-electron chi connectivity index (χ3n) is 20.2. The molecule has 542 valence electrons. The van der Waals surface area contributed by atoms with Gasteiger partial charge in [-0.1, -0.05) is 30.3 Å². The summed E-state index contributed by atoms with van der Waals surface area (Å²) in [7, 11) is 0. The molecule has 5 aliphatic rings. The number of phenols is 20. The molecule has 0 spiro atoms. The Kier molecular flexibility index (Phi) is 15.9. The molecule has 30 heteroatoms. The van der Waals surface area contributed by atoms with E-state index in [0.717, 1.165) is 97.1 Å². The number of fused-ring (bicyclic) bond motifs is 5. The normalized spacial score (nSPS) is 24.2. The molecule has 5 heterocycles. The van der Waals surface area contributed by atoms with Gasteiger partial charge in [-0.25, -0.2) is 0 Å². The molecule has 0 amide bonds. The van der Waals surface area contributed by atoms with Gasteiger partial charge in [0.2, 0.25) is 0 Å². The second kappa shape index (κ2) is 24.6. The SMILES string of the molecule is Oc1cc(O)c2c(c1)OC(c1ccc(O)c(O)c1)C(O)C2c1c(O)cc2c(c1O)C(c1c(O)cc3c(c1O)C(c1c(O)cc4c(c1O)C(c1c(O)cc5c(c1O)CC(O)C(c1ccc(O)c(O)c1)O5)C(O)C(c1ccc(O)c(O)c1)O4)C(O)C(c1ccc(O)c(O)c1)O3)C(O)C(c1ccc(O)c(O)c1)O2. The van der Waals surface area contributed by atoms with Crippen LogP contribution < -0.4 is 23.7 Å². The molecule has 25 N–H and O–H groups in total. The van der Waals surface area contributed by atoms with Crippen molar-refractivity contribution in [2.45, 2.75) is 91.1 Å². The molecule has 5 aliphatic heterocycles. The Morgan fingerprint density at radius 3 is 0.771 bits per heavy atom. The Morgan fingerprint density at radius 2 is 0.467 bits per heavy atom. The summed E-state index contributed by atoms with van der Waals surface area (Å²) < 4.78 is 31.3. The number of hydrogen-bond acceptors (Lipinski definition) is 30. The summed E-state index contributed by atoms with van der Waals surface area (Å²) in [6, 6.07) is 21.7. The van der Waals surface area contributed by atoms with Crippen molar-refractivity contribution in [3.05, 3.63) is 205 Å². The number of phenolic OH excluding ortho intramolecular Hbond substituents is 20. The lowest BCUT2D eigenvalue weighted by Gasteiger charge is -2.42. The quantitative estimate of drug-likeness (QED) is 0.0628. The molecule has 0 bridgehead atoms. The fraction of sp³-hybridized carbons (Fsp3) is 0.200. The van der Waals surface area contributed by atoms with Gasteiger partial charge in [-0.2, -0.15) is 0 Å². The second-order valence-corrected chi connectivity index (χ2v) is 26.3. The zero-order valence-corrected chi connectivity index (χ0v) is 53.6. The number of hydrogen-bond donors (Lipinski definition) is 25. The van der Waals surface area contributed by atoms with Crippen LogP contribution in [0.2, 0.25) is 0 Å². The highest BCUT2D eigenvalue weighted by Crippen LogP contribution is 2.66. The molecule has 14 unspecified atom stereocenters. The van der Waals surface area contributed by atoms with E-state index in [9.17, 15) is 128 Å². The van der Waals surface area contributed by atoms with Crippen LogP contribution in [0.3, 0.4) is 0 Å². The predicted molar refractivity (Wildman–Crippen MR) is 356 cm³/mol. The fourth-order valence-electron chi connectivity index (χ4n) is 15.3. The Labute approximate surface area is 589 Å². The topological polar surface area (TPSA) is 552 Å². The lowest BCUT2D eigenvalue weighted by molar-refractivity contribution is 0.000989. The Morgan fingerprint density at radius 1 is 0.219 bits per heavy atom.